The van der Waals surface area contributed by atoms with E-state index < -0.39 is 17.6 Å². The van der Waals surface area contributed by atoms with Crippen LogP contribution < -0.4 is 15.0 Å². The van der Waals surface area contributed by atoms with Gasteiger partial charge in [-0.25, -0.2) is 4.39 Å². The number of piperazine rings is 1. The number of rotatable bonds is 6. The maximum absolute atomic E-state index is 14.8. The second-order valence-corrected chi connectivity index (χ2v) is 9.94. The second-order valence-electron chi connectivity index (χ2n) is 9.94. The van der Waals surface area contributed by atoms with Crippen LogP contribution in [0.4, 0.5) is 23.4 Å². The Bertz CT molecular complexity index is 1540. The van der Waals surface area contributed by atoms with E-state index in [1.807, 2.05) is 11.8 Å². The van der Waals surface area contributed by atoms with E-state index in [0.29, 0.717) is 23.3 Å². The van der Waals surface area contributed by atoms with Crippen LogP contribution in [-0.4, -0.2) is 65.2 Å². The molecule has 2 aliphatic heterocycles. The van der Waals surface area contributed by atoms with E-state index in [-0.39, 0.29) is 58.4 Å². The number of fused-ring (bicyclic) bond motifs is 4. The highest BCUT2D eigenvalue weighted by Gasteiger charge is 2.40. The van der Waals surface area contributed by atoms with Crippen LogP contribution in [0.3, 0.4) is 0 Å². The zero-order chi connectivity index (χ0) is 26.8. The Morgan fingerprint density at radius 1 is 1.18 bits per heavy atom. The minimum Gasteiger partial charge on any atom is -0.461 e. The van der Waals surface area contributed by atoms with Gasteiger partial charge in [-0.05, 0) is 55.2 Å². The molecular weight excluding hydrogens is 504 g/mol. The first-order valence-electron chi connectivity index (χ1n) is 12.3. The molecular formula is C26H26F4N6O2. The summed E-state index contributed by atoms with van der Waals surface area (Å²) in [6, 6.07) is 4.06. The molecule has 4 aromatic rings. The Morgan fingerprint density at radius 2 is 2.00 bits per heavy atom. The largest absolute Gasteiger partial charge is 0.461 e. The van der Waals surface area contributed by atoms with Gasteiger partial charge in [-0.1, -0.05) is 0 Å². The predicted molar refractivity (Wildman–Crippen MR) is 134 cm³/mol. The van der Waals surface area contributed by atoms with Gasteiger partial charge < -0.3 is 19.7 Å². The molecule has 2 N–H and O–H groups in total. The van der Waals surface area contributed by atoms with Crippen molar-refractivity contribution >= 4 is 27.6 Å². The normalized spacial score (nSPS) is 20.1. The molecule has 2 aromatic heterocycles. The Labute approximate surface area is 215 Å². The van der Waals surface area contributed by atoms with Gasteiger partial charge in [-0.15, -0.1) is 0 Å². The van der Waals surface area contributed by atoms with Crippen LogP contribution in [0, 0.1) is 12.7 Å². The zero-order valence-electron chi connectivity index (χ0n) is 21.0. The summed E-state index contributed by atoms with van der Waals surface area (Å²) in [5, 5.41) is 10.6. The van der Waals surface area contributed by atoms with Crippen LogP contribution in [0.25, 0.3) is 32.9 Å². The van der Waals surface area contributed by atoms with Gasteiger partial charge in [0, 0.05) is 43.1 Å². The number of H-pyrrole nitrogens is 1. The number of hydrogen-bond donors (Lipinski definition) is 2. The van der Waals surface area contributed by atoms with Gasteiger partial charge in [0.2, 0.25) is 0 Å². The minimum absolute atomic E-state index is 0.0438. The van der Waals surface area contributed by atoms with Gasteiger partial charge in [0.15, 0.2) is 0 Å². The average molecular weight is 531 g/mol. The number of methoxy groups -OCH3 is 1. The third-order valence-electron chi connectivity index (χ3n) is 7.49. The van der Waals surface area contributed by atoms with E-state index in [9.17, 15) is 17.6 Å². The van der Waals surface area contributed by atoms with Gasteiger partial charge in [-0.3, -0.25) is 5.10 Å². The molecule has 6 rings (SSSR count). The van der Waals surface area contributed by atoms with Crippen LogP contribution in [-0.2, 0) is 10.9 Å². The minimum atomic E-state index is -4.72. The number of hydrogen-bond acceptors (Lipinski definition) is 7. The van der Waals surface area contributed by atoms with Gasteiger partial charge in [-0.2, -0.15) is 28.2 Å². The molecule has 2 fully saturated rings. The summed E-state index contributed by atoms with van der Waals surface area (Å²) in [5.41, 5.74) is -0.296. The van der Waals surface area contributed by atoms with Crippen molar-refractivity contribution in [1.82, 2.24) is 25.5 Å². The number of anilines is 1. The number of aromatic nitrogens is 4. The molecule has 8 nitrogen and oxygen atoms in total. The van der Waals surface area contributed by atoms with E-state index in [2.05, 4.69) is 25.5 Å². The first kappa shape index (κ1) is 24.8. The molecule has 38 heavy (non-hydrogen) atoms. The van der Waals surface area contributed by atoms with Crippen molar-refractivity contribution in [2.75, 3.05) is 31.7 Å². The lowest BCUT2D eigenvalue weighted by Gasteiger charge is -2.30. The quantitative estimate of drug-likeness (QED) is 0.352. The topological polar surface area (TPSA) is 88.2 Å². The van der Waals surface area contributed by atoms with Gasteiger partial charge >= 0.3 is 12.2 Å². The number of ether oxygens (including phenoxy) is 2. The van der Waals surface area contributed by atoms with E-state index in [4.69, 9.17) is 9.47 Å². The summed E-state index contributed by atoms with van der Waals surface area (Å²) in [6.07, 6.45) is -2.67. The summed E-state index contributed by atoms with van der Waals surface area (Å²) in [5.74, 6) is -0.239. The predicted octanol–water partition coefficient (Wildman–Crippen LogP) is 4.60. The molecule has 0 radical (unpaired) electrons. The Kier molecular flexibility index (Phi) is 5.91. The van der Waals surface area contributed by atoms with Crippen LogP contribution >= 0.6 is 0 Å². The number of aromatic amines is 1. The standard InChI is InChI=1S/C26H26F4N6O2/c1-12(37-3)11-38-25-33-21-6-16(23-13(2)20(27)7-22-18(23)9-32-35-22)19(26(28,29)30)5-17(21)24(34-25)36-10-14-4-15(36)8-31-14/h5-7,9,12,14-15,31H,4,8,10-11H2,1-3H3,(H,32,35)/t12-,14-,15-/m0/s1. The van der Waals surface area contributed by atoms with Crippen molar-refractivity contribution in [2.45, 2.75) is 44.6 Å². The third kappa shape index (κ3) is 4.11. The summed E-state index contributed by atoms with van der Waals surface area (Å²) in [6.45, 7) is 4.79. The number of nitrogens with zero attached hydrogens (tertiary/aromatic N) is 4. The lowest BCUT2D eigenvalue weighted by molar-refractivity contribution is -0.137. The van der Waals surface area contributed by atoms with Gasteiger partial charge in [0.1, 0.15) is 18.2 Å². The maximum Gasteiger partial charge on any atom is 0.417 e. The highest BCUT2D eigenvalue weighted by molar-refractivity contribution is 6.01. The fourth-order valence-corrected chi connectivity index (χ4v) is 5.45. The molecule has 0 amide bonds. The van der Waals surface area contributed by atoms with Crippen molar-refractivity contribution in [3.8, 4) is 17.1 Å². The molecule has 2 aliphatic rings. The molecule has 0 spiro atoms. The Balaban J connectivity index is 1.61. The van der Waals surface area contributed by atoms with E-state index >= 15 is 0 Å². The fourth-order valence-electron chi connectivity index (χ4n) is 5.45. The zero-order valence-corrected chi connectivity index (χ0v) is 21.0. The lowest BCUT2D eigenvalue weighted by Crippen LogP contribution is -2.44. The van der Waals surface area contributed by atoms with Crippen molar-refractivity contribution in [3.05, 3.63) is 41.3 Å². The number of alkyl halides is 3. The number of halogens is 4. The first-order chi connectivity index (χ1) is 18.1. The molecule has 2 saturated heterocycles. The summed E-state index contributed by atoms with van der Waals surface area (Å²) in [4.78, 5) is 11.1. The Morgan fingerprint density at radius 3 is 2.68 bits per heavy atom. The molecule has 3 atom stereocenters. The van der Waals surface area contributed by atoms with E-state index in [0.717, 1.165) is 19.0 Å². The van der Waals surface area contributed by atoms with Crippen LogP contribution in [0.2, 0.25) is 0 Å². The molecule has 2 bridgehead atoms. The van der Waals surface area contributed by atoms with Crippen molar-refractivity contribution in [1.29, 1.82) is 0 Å². The second kappa shape index (κ2) is 9.05. The summed E-state index contributed by atoms with van der Waals surface area (Å²) >= 11 is 0. The van der Waals surface area contributed by atoms with E-state index in [1.54, 1.807) is 7.11 Å². The van der Waals surface area contributed by atoms with Gasteiger partial charge in [0.05, 0.1) is 28.9 Å². The average Bonchev–Trinajstić information content (AvgIpc) is 3.64. The monoisotopic (exact) mass is 530 g/mol. The van der Waals surface area contributed by atoms with Crippen molar-refractivity contribution < 1.29 is 27.0 Å². The first-order valence-corrected chi connectivity index (χ1v) is 12.3. The summed E-state index contributed by atoms with van der Waals surface area (Å²) in [7, 11) is 1.55. The molecule has 0 aliphatic carbocycles. The molecule has 4 heterocycles. The van der Waals surface area contributed by atoms with Crippen molar-refractivity contribution in [2.24, 2.45) is 0 Å². The Hall–Kier alpha value is -3.51. The lowest BCUT2D eigenvalue weighted by atomic mass is 9.91. The molecule has 200 valence electrons. The molecule has 12 heteroatoms. The third-order valence-corrected chi connectivity index (χ3v) is 7.49. The molecule has 0 saturated carbocycles. The smallest absolute Gasteiger partial charge is 0.417 e. The van der Waals surface area contributed by atoms with Crippen LogP contribution in [0.1, 0.15) is 24.5 Å². The highest BCUT2D eigenvalue weighted by Crippen LogP contribution is 2.45. The molecule has 0 unspecified atom stereocenters. The SMILES string of the molecule is CO[C@@H](C)COc1nc(N2C[C@@H]3C[C@H]2CN3)c2cc(C(F)(F)F)c(-c3c(C)c(F)cc4[nH]ncc34)cc2n1. The fraction of sp³-hybridized carbons (Fsp3) is 0.423. The highest BCUT2D eigenvalue weighted by atomic mass is 19.4. The molecule has 2 aromatic carbocycles. The number of nitrogens with one attached hydrogen (secondary N) is 2. The van der Waals surface area contributed by atoms with Crippen molar-refractivity contribution in [3.63, 3.8) is 0 Å². The van der Waals surface area contributed by atoms with Crippen LogP contribution in [0.15, 0.2) is 24.4 Å². The van der Waals surface area contributed by atoms with Gasteiger partial charge in [0.25, 0.3) is 0 Å². The summed E-state index contributed by atoms with van der Waals surface area (Å²) < 4.78 is 69.7. The maximum atomic E-state index is 14.8. The van der Waals surface area contributed by atoms with Crippen LogP contribution in [0.5, 0.6) is 6.01 Å². The van der Waals surface area contributed by atoms with E-state index in [1.165, 1.54) is 25.3 Å². The number of benzene rings is 2.